The van der Waals surface area contributed by atoms with Crippen LogP contribution in [0.3, 0.4) is 0 Å². The van der Waals surface area contributed by atoms with Crippen molar-refractivity contribution in [2.75, 3.05) is 23.7 Å². The molecule has 1 saturated heterocycles. The lowest BCUT2D eigenvalue weighted by atomic mass is 9.92. The molecule has 2 saturated carbocycles. The van der Waals surface area contributed by atoms with Crippen molar-refractivity contribution in [1.82, 2.24) is 24.4 Å². The van der Waals surface area contributed by atoms with Crippen LogP contribution in [0.5, 0.6) is 0 Å². The summed E-state index contributed by atoms with van der Waals surface area (Å²) < 4.78 is 2.26. The van der Waals surface area contributed by atoms with Crippen LogP contribution in [0.15, 0.2) is 23.8 Å². The van der Waals surface area contributed by atoms with Gasteiger partial charge in [0.1, 0.15) is 0 Å². The molecule has 1 amide bonds. The molecule has 0 radical (unpaired) electrons. The predicted octanol–water partition coefficient (Wildman–Crippen LogP) is 5.25. The first-order valence-corrected chi connectivity index (χ1v) is 14.4. The number of hydrogen-bond donors (Lipinski definition) is 3. The van der Waals surface area contributed by atoms with Crippen LogP contribution in [0.1, 0.15) is 79.9 Å². The number of amides is 1. The summed E-state index contributed by atoms with van der Waals surface area (Å²) in [7, 11) is 0. The fourth-order valence-electron chi connectivity index (χ4n) is 5.95. The van der Waals surface area contributed by atoms with Gasteiger partial charge in [-0.05, 0) is 62.8 Å². The van der Waals surface area contributed by atoms with Crippen LogP contribution in [0.4, 0.5) is 11.8 Å². The van der Waals surface area contributed by atoms with E-state index in [9.17, 15) is 4.79 Å². The molecule has 4 heterocycles. The molecule has 2 aliphatic carbocycles. The third kappa shape index (κ3) is 6.19. The van der Waals surface area contributed by atoms with Gasteiger partial charge in [-0.1, -0.05) is 18.9 Å². The Morgan fingerprint density at radius 3 is 2.34 bits per heavy atom. The third-order valence-corrected chi connectivity index (χ3v) is 8.96. The van der Waals surface area contributed by atoms with Gasteiger partial charge in [0, 0.05) is 37.3 Å². The molecule has 3 aromatic rings. The smallest absolute Gasteiger partial charge is 0.263 e. The van der Waals surface area contributed by atoms with Crippen LogP contribution in [0.25, 0.3) is 11.2 Å². The Hall–Kier alpha value is -2.14. The highest BCUT2D eigenvalue weighted by Gasteiger charge is 2.27. The molecule has 9 nitrogen and oxygen atoms in total. The van der Waals surface area contributed by atoms with Gasteiger partial charge in [-0.15, -0.1) is 36.2 Å². The molecule has 3 aromatic heterocycles. The second kappa shape index (κ2) is 12.8. The van der Waals surface area contributed by atoms with Gasteiger partial charge in [0.25, 0.3) is 5.91 Å². The average molecular weight is 582 g/mol. The molecule has 0 aromatic carbocycles. The van der Waals surface area contributed by atoms with Crippen LogP contribution < -0.4 is 16.4 Å². The molecule has 0 spiro atoms. The fourth-order valence-corrected chi connectivity index (χ4v) is 6.64. The van der Waals surface area contributed by atoms with Gasteiger partial charge in [0.05, 0.1) is 11.2 Å². The summed E-state index contributed by atoms with van der Waals surface area (Å²) in [6, 6.07) is 5.21. The Morgan fingerprint density at radius 2 is 1.66 bits per heavy atom. The van der Waals surface area contributed by atoms with E-state index in [1.54, 1.807) is 0 Å². The number of anilines is 2. The summed E-state index contributed by atoms with van der Waals surface area (Å²) in [4.78, 5) is 30.2. The van der Waals surface area contributed by atoms with Crippen molar-refractivity contribution < 1.29 is 4.79 Å². The number of hydrogen-bond acceptors (Lipinski definition) is 8. The zero-order chi connectivity index (χ0) is 24.5. The summed E-state index contributed by atoms with van der Waals surface area (Å²) in [6.45, 7) is 1.49. The minimum absolute atomic E-state index is 0. The number of nitrogens with two attached hydrogens (primary N) is 1. The zero-order valence-corrected chi connectivity index (χ0v) is 24.0. The lowest BCUT2D eigenvalue weighted by molar-refractivity contribution is 0.0723. The first-order valence-electron chi connectivity index (χ1n) is 13.5. The maximum Gasteiger partial charge on any atom is 0.263 e. The molecule has 0 bridgehead atoms. The maximum absolute atomic E-state index is 12.7. The average Bonchev–Trinajstić information content (AvgIpc) is 3.67. The monoisotopic (exact) mass is 580 g/mol. The number of fused-ring (bicyclic) bond motifs is 1. The first kappa shape index (κ1) is 28.9. The molecule has 0 unspecified atom stereocenters. The normalized spacial score (nSPS) is 22.6. The van der Waals surface area contributed by atoms with Crippen molar-refractivity contribution in [3.8, 4) is 0 Å². The van der Waals surface area contributed by atoms with E-state index in [4.69, 9.17) is 20.7 Å². The third-order valence-electron chi connectivity index (χ3n) is 8.10. The molecule has 38 heavy (non-hydrogen) atoms. The molecule has 4 N–H and O–H groups in total. The van der Waals surface area contributed by atoms with Crippen LogP contribution in [-0.2, 0) is 0 Å². The number of halogens is 2. The Bertz CT molecular complexity index is 1180. The highest BCUT2D eigenvalue weighted by Crippen LogP contribution is 2.34. The SMILES string of the molecule is Cl.Cl.N[C@H]1CC[C@H](Nc2nc(NC3CCN(C(=O)c4cccs4)CC3)c3ncn(C4CCCC4)c3n2)CC1. The summed E-state index contributed by atoms with van der Waals surface area (Å²) >= 11 is 1.51. The predicted molar refractivity (Wildman–Crippen MR) is 158 cm³/mol. The molecule has 12 heteroatoms. The number of piperidine rings is 1. The number of rotatable bonds is 6. The molecular formula is C26H38Cl2N8OS. The van der Waals surface area contributed by atoms with Gasteiger partial charge < -0.3 is 25.8 Å². The Labute approximate surface area is 240 Å². The molecule has 3 fully saturated rings. The van der Waals surface area contributed by atoms with Gasteiger partial charge in [-0.3, -0.25) is 4.79 Å². The van der Waals surface area contributed by atoms with E-state index < -0.39 is 0 Å². The highest BCUT2D eigenvalue weighted by molar-refractivity contribution is 7.12. The van der Waals surface area contributed by atoms with Crippen LogP contribution in [0.2, 0.25) is 0 Å². The molecule has 3 aliphatic rings. The van der Waals surface area contributed by atoms with Gasteiger partial charge >= 0.3 is 0 Å². The number of carbonyl (C=O) groups is 1. The van der Waals surface area contributed by atoms with Gasteiger partial charge in [-0.25, -0.2) is 4.98 Å². The molecular weight excluding hydrogens is 543 g/mol. The summed E-state index contributed by atoms with van der Waals surface area (Å²) in [5.74, 6) is 1.62. The largest absolute Gasteiger partial charge is 0.365 e. The lowest BCUT2D eigenvalue weighted by Crippen LogP contribution is -2.42. The number of nitrogens with zero attached hydrogens (tertiary/aromatic N) is 5. The zero-order valence-electron chi connectivity index (χ0n) is 21.6. The second-order valence-corrected chi connectivity index (χ2v) is 11.6. The van der Waals surface area contributed by atoms with Crippen LogP contribution >= 0.6 is 36.2 Å². The number of imidazole rings is 1. The topological polar surface area (TPSA) is 114 Å². The van der Waals surface area contributed by atoms with Gasteiger partial charge in [0.2, 0.25) is 5.95 Å². The van der Waals surface area contributed by atoms with Crippen molar-refractivity contribution in [3.63, 3.8) is 0 Å². The second-order valence-electron chi connectivity index (χ2n) is 10.6. The Morgan fingerprint density at radius 1 is 0.947 bits per heavy atom. The van der Waals surface area contributed by atoms with E-state index in [0.29, 0.717) is 24.1 Å². The standard InChI is InChI=1S/C26H36N8OS.2ClH/c27-17-7-9-18(10-8-17)30-26-31-23(22-24(32-26)34(16-28-22)20-4-1-2-5-20)29-19-11-13-33(14-12-19)25(35)21-6-3-15-36-21;;/h3,6,15-20H,1-2,4-5,7-14,27H2,(H2,29,30,31,32);2*1H/t17-,18-;;. The lowest BCUT2D eigenvalue weighted by Gasteiger charge is -2.32. The summed E-state index contributed by atoms with van der Waals surface area (Å²) in [5, 5.41) is 9.25. The van der Waals surface area contributed by atoms with E-state index in [-0.39, 0.29) is 36.8 Å². The molecule has 0 atom stereocenters. The van der Waals surface area contributed by atoms with Crippen molar-refractivity contribution in [1.29, 1.82) is 0 Å². The van der Waals surface area contributed by atoms with Gasteiger partial charge in [-0.2, -0.15) is 9.97 Å². The number of aromatic nitrogens is 4. The van der Waals surface area contributed by atoms with Crippen molar-refractivity contribution in [3.05, 3.63) is 28.7 Å². The maximum atomic E-state index is 12.7. The number of thiophene rings is 1. The van der Waals surface area contributed by atoms with E-state index >= 15 is 0 Å². The van der Waals surface area contributed by atoms with E-state index in [1.165, 1.54) is 37.0 Å². The quantitative estimate of drug-likeness (QED) is 0.365. The van der Waals surface area contributed by atoms with E-state index in [0.717, 1.165) is 73.5 Å². The van der Waals surface area contributed by atoms with Crippen LogP contribution in [-0.4, -0.2) is 61.5 Å². The first-order chi connectivity index (χ1) is 17.6. The summed E-state index contributed by atoms with van der Waals surface area (Å²) in [5.41, 5.74) is 7.88. The van der Waals surface area contributed by atoms with Crippen molar-refractivity contribution in [2.24, 2.45) is 5.73 Å². The number of carbonyl (C=O) groups excluding carboxylic acids is 1. The summed E-state index contributed by atoms with van der Waals surface area (Å²) in [6.07, 6.45) is 12.8. The van der Waals surface area contributed by atoms with Gasteiger partial charge in [0.15, 0.2) is 17.0 Å². The minimum Gasteiger partial charge on any atom is -0.365 e. The molecule has 208 valence electrons. The molecule has 6 rings (SSSR count). The Balaban J connectivity index is 0.00000168. The molecule has 1 aliphatic heterocycles. The van der Waals surface area contributed by atoms with Crippen molar-refractivity contribution >= 4 is 65.0 Å². The van der Waals surface area contributed by atoms with Crippen molar-refractivity contribution in [2.45, 2.75) is 88.4 Å². The highest BCUT2D eigenvalue weighted by atomic mass is 35.5. The Kier molecular flexibility index (Phi) is 9.73. The minimum atomic E-state index is 0. The number of nitrogens with one attached hydrogen (secondary N) is 2. The van der Waals surface area contributed by atoms with E-state index in [2.05, 4.69) is 15.2 Å². The van der Waals surface area contributed by atoms with E-state index in [1.807, 2.05) is 28.7 Å². The van der Waals surface area contributed by atoms with Crippen LogP contribution in [0, 0.1) is 0 Å². The fraction of sp³-hybridized carbons (Fsp3) is 0.615. The number of likely N-dealkylation sites (tertiary alicyclic amines) is 1.